The summed E-state index contributed by atoms with van der Waals surface area (Å²) in [6.07, 6.45) is 2.67. The van der Waals surface area contributed by atoms with Crippen LogP contribution < -0.4 is 10.0 Å². The number of benzene rings is 2. The quantitative estimate of drug-likeness (QED) is 0.488. The second-order valence-corrected chi connectivity index (χ2v) is 6.00. The molecule has 3 N–H and O–H groups in total. The second-order valence-electron chi connectivity index (χ2n) is 6.00. The average molecular weight is 355 g/mol. The Labute approximate surface area is 146 Å². The Kier molecular flexibility index (Phi) is 3.40. The molecule has 2 aromatic carbocycles. The molecular weight excluding hydrogens is 342 g/mol. The van der Waals surface area contributed by atoms with E-state index >= 15 is 0 Å². The van der Waals surface area contributed by atoms with Gasteiger partial charge < -0.3 is 10.4 Å². The molecule has 1 aromatic heterocycles. The Morgan fingerprint density at radius 3 is 2.19 bits per heavy atom. The number of carbonyl (C=O) groups excluding carboxylic acids is 1. The summed E-state index contributed by atoms with van der Waals surface area (Å²) in [6.45, 7) is 0. The van der Waals surface area contributed by atoms with Crippen LogP contribution in [0.1, 0.15) is 16.7 Å². The first-order valence-corrected chi connectivity index (χ1v) is 7.75. The zero-order chi connectivity index (χ0) is 18.5. The molecule has 3 aromatic rings. The van der Waals surface area contributed by atoms with Gasteiger partial charge in [-0.05, 0) is 29.3 Å². The minimum atomic E-state index is -1.45. The number of phenolic OH excluding ortho intramolecular Hbond substituents is 1. The van der Waals surface area contributed by atoms with Crippen molar-refractivity contribution in [2.45, 2.75) is 5.41 Å². The highest BCUT2D eigenvalue weighted by Crippen LogP contribution is 2.48. The Morgan fingerprint density at radius 2 is 1.54 bits per heavy atom. The standard InChI is InChI=1S/C19H12F2N2O3/c20-15-6-5-14-17(16(15)21)22-18(25)19(14,11-1-3-13(24)4-2-11)12-7-9-23(26)10-8-12/h1-10H,(H2-,22,24,25,26)/p+1. The summed E-state index contributed by atoms with van der Waals surface area (Å²) in [5.74, 6) is -2.75. The van der Waals surface area contributed by atoms with Crippen LogP contribution in [0.2, 0.25) is 0 Å². The number of pyridine rings is 1. The number of aromatic hydroxyl groups is 1. The van der Waals surface area contributed by atoms with Crippen LogP contribution in [-0.2, 0) is 10.2 Å². The maximum Gasteiger partial charge on any atom is 0.244 e. The molecular formula is C19H13F2N2O3+. The summed E-state index contributed by atoms with van der Waals surface area (Å²) >= 11 is 0. The van der Waals surface area contributed by atoms with Gasteiger partial charge in [-0.2, -0.15) is 0 Å². The molecule has 2 heterocycles. The number of halogens is 2. The van der Waals surface area contributed by atoms with Crippen LogP contribution in [0.15, 0.2) is 60.9 Å². The summed E-state index contributed by atoms with van der Waals surface area (Å²) < 4.78 is 28.8. The number of hydrogen-bond acceptors (Lipinski definition) is 3. The Bertz CT molecular complexity index is 973. The van der Waals surface area contributed by atoms with Crippen LogP contribution in [-0.4, -0.2) is 16.2 Å². The van der Waals surface area contributed by atoms with Crippen LogP contribution in [0.5, 0.6) is 5.75 Å². The number of amides is 1. The van der Waals surface area contributed by atoms with Gasteiger partial charge in [0.15, 0.2) is 11.6 Å². The van der Waals surface area contributed by atoms with Crippen molar-refractivity contribution < 1.29 is 28.6 Å². The molecule has 1 atom stereocenters. The third kappa shape index (κ3) is 2.07. The molecule has 26 heavy (non-hydrogen) atoms. The van der Waals surface area contributed by atoms with Crippen LogP contribution in [0.3, 0.4) is 0 Å². The van der Waals surface area contributed by atoms with E-state index < -0.39 is 23.0 Å². The summed E-state index contributed by atoms with van der Waals surface area (Å²) in [5, 5.41) is 21.5. The van der Waals surface area contributed by atoms with E-state index in [1.807, 2.05) is 0 Å². The molecule has 0 fully saturated rings. The predicted molar refractivity (Wildman–Crippen MR) is 86.8 cm³/mol. The van der Waals surface area contributed by atoms with E-state index in [-0.39, 0.29) is 17.0 Å². The van der Waals surface area contributed by atoms with E-state index in [0.29, 0.717) is 11.1 Å². The number of phenols is 1. The molecule has 5 nitrogen and oxygen atoms in total. The number of hydrogen-bond donors (Lipinski definition) is 3. The first-order valence-electron chi connectivity index (χ1n) is 7.75. The lowest BCUT2D eigenvalue weighted by atomic mass is 9.70. The monoisotopic (exact) mass is 355 g/mol. The van der Waals surface area contributed by atoms with Gasteiger partial charge in [0.2, 0.25) is 18.3 Å². The lowest BCUT2D eigenvalue weighted by Crippen LogP contribution is -2.38. The topological polar surface area (TPSA) is 73.4 Å². The minimum absolute atomic E-state index is 0.00840. The highest BCUT2D eigenvalue weighted by Gasteiger charge is 2.51. The van der Waals surface area contributed by atoms with Gasteiger partial charge in [-0.1, -0.05) is 18.2 Å². The lowest BCUT2D eigenvalue weighted by molar-refractivity contribution is -0.904. The number of anilines is 1. The molecule has 1 unspecified atom stereocenters. The van der Waals surface area contributed by atoms with Gasteiger partial charge in [-0.25, -0.2) is 8.78 Å². The van der Waals surface area contributed by atoms with Crippen molar-refractivity contribution in [2.75, 3.05) is 5.32 Å². The highest BCUT2D eigenvalue weighted by molar-refractivity contribution is 6.11. The van der Waals surface area contributed by atoms with E-state index in [2.05, 4.69) is 5.32 Å². The molecule has 1 aliphatic heterocycles. The predicted octanol–water partition coefficient (Wildman–Crippen LogP) is 2.48. The van der Waals surface area contributed by atoms with Crippen LogP contribution in [0.4, 0.5) is 14.5 Å². The molecule has 0 saturated heterocycles. The van der Waals surface area contributed by atoms with E-state index in [4.69, 9.17) is 0 Å². The maximum absolute atomic E-state index is 14.3. The lowest BCUT2D eigenvalue weighted by Gasteiger charge is -2.28. The van der Waals surface area contributed by atoms with Crippen molar-refractivity contribution in [3.8, 4) is 5.75 Å². The van der Waals surface area contributed by atoms with Crippen molar-refractivity contribution in [2.24, 2.45) is 0 Å². The number of aromatic nitrogens is 1. The normalized spacial score (nSPS) is 18.5. The number of nitrogens with one attached hydrogen (secondary N) is 1. The summed E-state index contributed by atoms with van der Waals surface area (Å²) in [4.78, 5) is 13.1. The second kappa shape index (κ2) is 5.52. The third-order valence-corrected chi connectivity index (χ3v) is 4.62. The Balaban J connectivity index is 2.08. The third-order valence-electron chi connectivity index (χ3n) is 4.62. The number of fused-ring (bicyclic) bond motifs is 1. The van der Waals surface area contributed by atoms with E-state index in [0.717, 1.165) is 10.8 Å². The van der Waals surface area contributed by atoms with E-state index in [9.17, 15) is 23.9 Å². The largest absolute Gasteiger partial charge is 0.508 e. The van der Waals surface area contributed by atoms with Crippen LogP contribution in [0, 0.1) is 11.6 Å². The van der Waals surface area contributed by atoms with Gasteiger partial charge in [-0.15, -0.1) is 0 Å². The molecule has 0 bridgehead atoms. The first kappa shape index (κ1) is 16.0. The van der Waals surface area contributed by atoms with Crippen molar-refractivity contribution in [3.63, 3.8) is 0 Å². The van der Waals surface area contributed by atoms with Gasteiger partial charge in [0.1, 0.15) is 11.2 Å². The molecule has 1 aliphatic rings. The summed E-state index contributed by atoms with van der Waals surface area (Å²) in [6, 6.07) is 11.3. The molecule has 0 saturated carbocycles. The summed E-state index contributed by atoms with van der Waals surface area (Å²) in [7, 11) is 0. The first-order chi connectivity index (χ1) is 12.4. The number of carbonyl (C=O) groups is 1. The van der Waals surface area contributed by atoms with Gasteiger partial charge in [0, 0.05) is 22.4 Å². The molecule has 130 valence electrons. The Hall–Kier alpha value is -3.48. The SMILES string of the molecule is O=C1Nc2c(ccc(F)c2F)C1(c1ccc(O)cc1)c1cc[n+](O)cc1. The van der Waals surface area contributed by atoms with Gasteiger partial charge in [-0.3, -0.25) is 10.0 Å². The number of rotatable bonds is 2. The minimum Gasteiger partial charge on any atom is -0.508 e. The van der Waals surface area contributed by atoms with E-state index in [1.54, 1.807) is 12.1 Å². The molecule has 4 rings (SSSR count). The highest BCUT2D eigenvalue weighted by atomic mass is 19.2. The smallest absolute Gasteiger partial charge is 0.244 e. The van der Waals surface area contributed by atoms with Crippen LogP contribution >= 0.6 is 0 Å². The fourth-order valence-electron chi connectivity index (χ4n) is 3.43. The van der Waals surface area contributed by atoms with Crippen molar-refractivity contribution in [3.05, 3.63) is 89.2 Å². The van der Waals surface area contributed by atoms with Gasteiger partial charge >= 0.3 is 0 Å². The summed E-state index contributed by atoms with van der Waals surface area (Å²) in [5.41, 5.74) is -0.498. The molecule has 0 spiro atoms. The van der Waals surface area contributed by atoms with Crippen LogP contribution in [0.25, 0.3) is 0 Å². The van der Waals surface area contributed by atoms with Crippen molar-refractivity contribution in [1.29, 1.82) is 0 Å². The van der Waals surface area contributed by atoms with E-state index in [1.165, 1.54) is 42.7 Å². The average Bonchev–Trinajstić information content (AvgIpc) is 2.93. The zero-order valence-corrected chi connectivity index (χ0v) is 13.3. The molecule has 0 radical (unpaired) electrons. The molecule has 0 aliphatic carbocycles. The maximum atomic E-state index is 14.3. The zero-order valence-electron chi connectivity index (χ0n) is 13.3. The molecule has 7 heteroatoms. The van der Waals surface area contributed by atoms with Gasteiger partial charge in [0.25, 0.3) is 0 Å². The van der Waals surface area contributed by atoms with Crippen molar-refractivity contribution in [1.82, 2.24) is 0 Å². The fraction of sp³-hybridized carbons (Fsp3) is 0.0526. The number of nitrogens with zero attached hydrogens (tertiary/aromatic N) is 1. The molecule has 1 amide bonds. The van der Waals surface area contributed by atoms with Gasteiger partial charge in [0.05, 0.1) is 5.69 Å². The fourth-order valence-corrected chi connectivity index (χ4v) is 3.43. The Morgan fingerprint density at radius 1 is 0.923 bits per heavy atom. The van der Waals surface area contributed by atoms with Crippen molar-refractivity contribution >= 4 is 11.6 Å².